The van der Waals surface area contributed by atoms with Gasteiger partial charge in [0.25, 0.3) is 0 Å². The van der Waals surface area contributed by atoms with E-state index >= 15 is 0 Å². The molecule has 15 heavy (non-hydrogen) atoms. The van der Waals surface area contributed by atoms with Crippen LogP contribution in [0.15, 0.2) is 6.20 Å². The zero-order chi connectivity index (χ0) is 10.7. The molecule has 1 saturated carbocycles. The maximum atomic E-state index is 10.7. The van der Waals surface area contributed by atoms with Crippen molar-refractivity contribution in [3.05, 3.63) is 17.5 Å². The molecule has 1 heterocycles. The first-order valence-corrected chi connectivity index (χ1v) is 5.58. The Morgan fingerprint density at radius 1 is 1.53 bits per heavy atom. The van der Waals surface area contributed by atoms with Gasteiger partial charge < -0.3 is 5.73 Å². The summed E-state index contributed by atoms with van der Waals surface area (Å²) in [7, 11) is 0. The predicted molar refractivity (Wildman–Crippen MR) is 57.3 cm³/mol. The van der Waals surface area contributed by atoms with Gasteiger partial charge in [-0.05, 0) is 24.8 Å². The van der Waals surface area contributed by atoms with Crippen LogP contribution >= 0.6 is 0 Å². The minimum Gasteiger partial charge on any atom is -0.370 e. The van der Waals surface area contributed by atoms with Gasteiger partial charge in [0.2, 0.25) is 5.91 Å². The summed E-state index contributed by atoms with van der Waals surface area (Å²) in [5, 5.41) is 7.14. The van der Waals surface area contributed by atoms with Gasteiger partial charge in [0.15, 0.2) is 0 Å². The number of hydrogen-bond acceptors (Lipinski definition) is 2. The van der Waals surface area contributed by atoms with Gasteiger partial charge >= 0.3 is 0 Å². The number of carbonyl (C=O) groups excluding carboxylic acids is 1. The second kappa shape index (κ2) is 4.47. The molecule has 3 N–H and O–H groups in total. The number of hydrogen-bond donors (Lipinski definition) is 2. The summed E-state index contributed by atoms with van der Waals surface area (Å²) in [6.07, 6.45) is 8.06. The Morgan fingerprint density at radius 2 is 2.27 bits per heavy atom. The number of nitrogens with two attached hydrogens (primary N) is 1. The number of aryl methyl sites for hydroxylation is 1. The van der Waals surface area contributed by atoms with E-state index in [4.69, 9.17) is 5.73 Å². The lowest BCUT2D eigenvalue weighted by Gasteiger charge is -2.08. The zero-order valence-electron chi connectivity index (χ0n) is 8.83. The fourth-order valence-corrected chi connectivity index (χ4v) is 2.35. The molecule has 0 aromatic carbocycles. The van der Waals surface area contributed by atoms with Crippen LogP contribution < -0.4 is 5.73 Å². The lowest BCUT2D eigenvalue weighted by atomic mass is 9.98. The lowest BCUT2D eigenvalue weighted by Crippen LogP contribution is -2.11. The maximum absolute atomic E-state index is 10.7. The smallest absolute Gasteiger partial charge is 0.217 e. The first-order chi connectivity index (χ1) is 7.27. The van der Waals surface area contributed by atoms with E-state index < -0.39 is 0 Å². The molecule has 2 rings (SSSR count). The van der Waals surface area contributed by atoms with Crippen molar-refractivity contribution in [2.45, 2.75) is 44.4 Å². The molecular formula is C11H17N3O. The van der Waals surface area contributed by atoms with E-state index in [0.717, 1.165) is 6.42 Å². The van der Waals surface area contributed by atoms with Crippen LogP contribution in [0.2, 0.25) is 0 Å². The molecule has 1 fully saturated rings. The Balaban J connectivity index is 2.04. The third-order valence-corrected chi connectivity index (χ3v) is 3.16. The molecule has 82 valence electrons. The standard InChI is InChI=1S/C11H17N3O/c12-10(15)6-5-9-7-13-14-11(9)8-3-1-2-4-8/h7-8H,1-6H2,(H2,12,15)(H,13,14). The SMILES string of the molecule is NC(=O)CCc1cn[nH]c1C1CCCC1. The van der Waals surface area contributed by atoms with E-state index in [1.165, 1.54) is 36.9 Å². The van der Waals surface area contributed by atoms with Crippen molar-refractivity contribution in [3.63, 3.8) is 0 Å². The molecule has 4 heteroatoms. The van der Waals surface area contributed by atoms with Crippen LogP contribution in [0.5, 0.6) is 0 Å². The summed E-state index contributed by atoms with van der Waals surface area (Å²) in [4.78, 5) is 10.7. The third kappa shape index (κ3) is 2.37. The quantitative estimate of drug-likeness (QED) is 0.785. The van der Waals surface area contributed by atoms with Crippen LogP contribution in [0.1, 0.15) is 49.3 Å². The summed E-state index contributed by atoms with van der Waals surface area (Å²) in [6.45, 7) is 0. The number of amides is 1. The van der Waals surface area contributed by atoms with E-state index in [1.807, 2.05) is 6.20 Å². The largest absolute Gasteiger partial charge is 0.370 e. The second-order valence-electron chi connectivity index (χ2n) is 4.26. The third-order valence-electron chi connectivity index (χ3n) is 3.16. The summed E-state index contributed by atoms with van der Waals surface area (Å²) in [5.74, 6) is 0.379. The van der Waals surface area contributed by atoms with E-state index in [0.29, 0.717) is 12.3 Å². The highest BCUT2D eigenvalue weighted by Gasteiger charge is 2.21. The first-order valence-electron chi connectivity index (χ1n) is 5.58. The van der Waals surface area contributed by atoms with E-state index in [1.54, 1.807) is 0 Å². The normalized spacial score (nSPS) is 17.1. The van der Waals surface area contributed by atoms with Gasteiger partial charge in [0.1, 0.15) is 0 Å². The molecule has 1 aliphatic carbocycles. The fraction of sp³-hybridized carbons (Fsp3) is 0.636. The van der Waals surface area contributed by atoms with Crippen LogP contribution in [0.25, 0.3) is 0 Å². The van der Waals surface area contributed by atoms with Crippen molar-refractivity contribution >= 4 is 5.91 Å². The summed E-state index contributed by atoms with van der Waals surface area (Å²) in [6, 6.07) is 0. The van der Waals surface area contributed by atoms with Crippen molar-refractivity contribution in [1.29, 1.82) is 0 Å². The van der Waals surface area contributed by atoms with Gasteiger partial charge in [-0.25, -0.2) is 0 Å². The van der Waals surface area contributed by atoms with Gasteiger partial charge in [-0.1, -0.05) is 12.8 Å². The van der Waals surface area contributed by atoms with Gasteiger partial charge in [0.05, 0.1) is 6.20 Å². The van der Waals surface area contributed by atoms with Crippen molar-refractivity contribution in [2.75, 3.05) is 0 Å². The van der Waals surface area contributed by atoms with Crippen molar-refractivity contribution < 1.29 is 4.79 Å². The second-order valence-corrected chi connectivity index (χ2v) is 4.26. The van der Waals surface area contributed by atoms with Crippen LogP contribution in [0, 0.1) is 0 Å². The topological polar surface area (TPSA) is 71.8 Å². The Hall–Kier alpha value is -1.32. The monoisotopic (exact) mass is 207 g/mol. The molecule has 1 aromatic heterocycles. The molecular weight excluding hydrogens is 190 g/mol. The predicted octanol–water partition coefficient (Wildman–Crippen LogP) is 1.49. The minimum absolute atomic E-state index is 0.242. The molecule has 0 aliphatic heterocycles. The van der Waals surface area contributed by atoms with E-state index in [9.17, 15) is 4.79 Å². The number of nitrogens with one attached hydrogen (secondary N) is 1. The van der Waals surface area contributed by atoms with E-state index in [-0.39, 0.29) is 5.91 Å². The molecule has 1 aromatic rings. The van der Waals surface area contributed by atoms with Crippen LogP contribution in [-0.4, -0.2) is 16.1 Å². The molecule has 0 saturated heterocycles. The Labute approximate surface area is 89.2 Å². The number of nitrogens with zero attached hydrogens (tertiary/aromatic N) is 1. The molecule has 1 aliphatic rings. The van der Waals surface area contributed by atoms with Crippen LogP contribution in [0.4, 0.5) is 0 Å². The summed E-state index contributed by atoms with van der Waals surface area (Å²) in [5.41, 5.74) is 7.54. The minimum atomic E-state index is -0.242. The molecule has 0 bridgehead atoms. The molecule has 1 amide bonds. The van der Waals surface area contributed by atoms with Crippen molar-refractivity contribution in [3.8, 4) is 0 Å². The molecule has 0 spiro atoms. The zero-order valence-corrected chi connectivity index (χ0v) is 8.83. The van der Waals surface area contributed by atoms with Crippen molar-refractivity contribution in [2.24, 2.45) is 5.73 Å². The van der Waals surface area contributed by atoms with Gasteiger partial charge in [-0.3, -0.25) is 9.89 Å². The Bertz CT molecular complexity index is 339. The Kier molecular flexibility index (Phi) is 3.04. The van der Waals surface area contributed by atoms with Gasteiger partial charge in [-0.15, -0.1) is 0 Å². The highest BCUT2D eigenvalue weighted by molar-refractivity contribution is 5.74. The van der Waals surface area contributed by atoms with Gasteiger partial charge in [-0.2, -0.15) is 5.10 Å². The average Bonchev–Trinajstić information content (AvgIpc) is 2.85. The number of aromatic amines is 1. The van der Waals surface area contributed by atoms with Crippen molar-refractivity contribution in [1.82, 2.24) is 10.2 Å². The fourth-order valence-electron chi connectivity index (χ4n) is 2.35. The highest BCUT2D eigenvalue weighted by atomic mass is 16.1. The number of primary amides is 1. The number of carbonyl (C=O) groups is 1. The Morgan fingerprint density at radius 3 is 2.93 bits per heavy atom. The number of H-pyrrole nitrogens is 1. The molecule has 0 atom stereocenters. The molecule has 0 radical (unpaired) electrons. The number of rotatable bonds is 4. The van der Waals surface area contributed by atoms with Crippen LogP contribution in [-0.2, 0) is 11.2 Å². The maximum Gasteiger partial charge on any atom is 0.217 e. The lowest BCUT2D eigenvalue weighted by molar-refractivity contribution is -0.117. The van der Waals surface area contributed by atoms with Gasteiger partial charge in [0, 0.05) is 18.0 Å². The molecule has 0 unspecified atom stereocenters. The van der Waals surface area contributed by atoms with E-state index in [2.05, 4.69) is 10.2 Å². The molecule has 4 nitrogen and oxygen atoms in total. The number of aromatic nitrogens is 2. The average molecular weight is 207 g/mol. The summed E-state index contributed by atoms with van der Waals surface area (Å²) < 4.78 is 0. The summed E-state index contributed by atoms with van der Waals surface area (Å²) >= 11 is 0. The van der Waals surface area contributed by atoms with Crippen LogP contribution in [0.3, 0.4) is 0 Å². The first kappa shape index (κ1) is 10.2. The highest BCUT2D eigenvalue weighted by Crippen LogP contribution is 2.34.